The van der Waals surface area contributed by atoms with E-state index in [0.29, 0.717) is 0 Å². The Labute approximate surface area is 69.5 Å². The van der Waals surface area contributed by atoms with Crippen molar-refractivity contribution < 1.29 is 0 Å². The zero-order valence-corrected chi connectivity index (χ0v) is 9.76. The van der Waals surface area contributed by atoms with Gasteiger partial charge in [0.2, 0.25) is 0 Å². The summed E-state index contributed by atoms with van der Waals surface area (Å²) in [5.41, 5.74) is 0. The number of halogens is 3. The molecule has 0 nitrogen and oxygen atoms in total. The molecule has 30 valence electrons. The molecule has 0 spiro atoms. The van der Waals surface area contributed by atoms with Gasteiger partial charge in [-0.15, -0.1) is 0 Å². The second-order valence-electron chi connectivity index (χ2n) is 0.247. The third kappa shape index (κ3) is 19.6. The quantitative estimate of drug-likeness (QED) is 0.506. The second kappa shape index (κ2) is 6.95. The summed E-state index contributed by atoms with van der Waals surface area (Å²) in [6, 6.07) is 0. The molecule has 0 bridgehead atoms. The number of hydrogen-bond acceptors (Lipinski definition) is 0. The van der Waals surface area contributed by atoms with Crippen LogP contribution < -0.4 is 0 Å². The summed E-state index contributed by atoms with van der Waals surface area (Å²) in [5.74, 6) is 0. The zero-order valence-electron chi connectivity index (χ0n) is 1.71. The molecule has 0 atom stereocenters. The zero-order chi connectivity index (χ0) is 3.58. The Kier molecular flexibility index (Phi) is 15.1. The Bertz CT molecular complexity index is 11.6. The van der Waals surface area contributed by atoms with Crippen molar-refractivity contribution in [3.05, 3.63) is 0 Å². The number of hydrogen-bond donors (Lipinski definition) is 0. The van der Waals surface area contributed by atoms with E-state index in [1.54, 1.807) is 0 Å². The van der Waals surface area contributed by atoms with Crippen molar-refractivity contribution in [1.82, 2.24) is 0 Å². The van der Waals surface area contributed by atoms with Gasteiger partial charge in [-0.3, -0.25) is 0 Å². The van der Waals surface area contributed by atoms with E-state index in [4.69, 9.17) is 0 Å². The van der Waals surface area contributed by atoms with Crippen LogP contribution in [0.1, 0.15) is 0 Å². The van der Waals surface area contributed by atoms with Gasteiger partial charge in [-0.05, 0) is 0 Å². The van der Waals surface area contributed by atoms with Gasteiger partial charge < -0.3 is 0 Å². The molecule has 0 aromatic rings. The molecule has 0 N–H and O–H groups in total. The molecule has 5 heavy (non-hydrogen) atoms. The summed E-state index contributed by atoms with van der Waals surface area (Å²) in [7, 11) is 0. The van der Waals surface area contributed by atoms with Crippen molar-refractivity contribution in [3.63, 3.8) is 0 Å². The van der Waals surface area contributed by atoms with Crippen LogP contribution in [0.3, 0.4) is 0 Å². The summed E-state index contributed by atoms with van der Waals surface area (Å²) in [6.07, 6.45) is 0. The summed E-state index contributed by atoms with van der Waals surface area (Å²) < 4.78 is 0. The molecule has 5 heteroatoms. The molecule has 0 unspecified atom stereocenters. The van der Waals surface area contributed by atoms with Crippen LogP contribution in [-0.2, 0) is 0 Å². The Balaban J connectivity index is 0. The van der Waals surface area contributed by atoms with Crippen LogP contribution in [0.25, 0.3) is 0 Å². The van der Waals surface area contributed by atoms with E-state index in [1.807, 2.05) is 0 Å². The van der Waals surface area contributed by atoms with Crippen molar-refractivity contribution in [3.8, 4) is 0 Å². The van der Waals surface area contributed by atoms with Crippen LogP contribution in [0.15, 0.2) is 0 Å². The van der Waals surface area contributed by atoms with E-state index in [9.17, 15) is 0 Å². The van der Waals surface area contributed by atoms with Gasteiger partial charge in [-0.2, -0.15) is 0 Å². The normalized spacial score (nSPS) is 5.40. The summed E-state index contributed by atoms with van der Waals surface area (Å²) in [6.45, 7) is 0. The minimum atomic E-state index is -1.20. The first-order chi connectivity index (χ1) is 1.73. The maximum absolute atomic E-state index is 3.31. The standard InChI is InChI=1S/3BrH.Ga.In.3H/h3*1H;;;;;/q;;;;+3;;;/p-3. The fourth-order valence-electron chi connectivity index (χ4n) is 0. The molecule has 0 aromatic carbocycles. The van der Waals surface area contributed by atoms with E-state index in [-0.39, 0.29) is 19.8 Å². The van der Waals surface area contributed by atoms with E-state index in [0.717, 1.165) is 0 Å². The van der Waals surface area contributed by atoms with Gasteiger partial charge >= 0.3 is 71.1 Å². The van der Waals surface area contributed by atoms with Crippen molar-refractivity contribution in [1.29, 1.82) is 0 Å². The van der Waals surface area contributed by atoms with Gasteiger partial charge in [0, 0.05) is 0 Å². The molecule has 0 aliphatic heterocycles. The second-order valence-corrected chi connectivity index (χ2v) is 44.8. The monoisotopic (exact) mass is 424 g/mol. The summed E-state index contributed by atoms with van der Waals surface area (Å²) >= 11 is 8.74. The van der Waals surface area contributed by atoms with Gasteiger partial charge in [0.15, 0.2) is 0 Å². The molecule has 0 saturated heterocycles. The first-order valence-electron chi connectivity index (χ1n) is 0.655. The van der Waals surface area contributed by atoms with E-state index in [2.05, 4.69) is 36.9 Å². The van der Waals surface area contributed by atoms with E-state index < -0.39 is 14.4 Å². The predicted octanol–water partition coefficient (Wildman–Crippen LogP) is 0.972. The molecule has 0 saturated carbocycles. The summed E-state index contributed by atoms with van der Waals surface area (Å²) in [4.78, 5) is 0. The van der Waals surface area contributed by atoms with Crippen molar-refractivity contribution >= 4 is 71.1 Å². The van der Waals surface area contributed by atoms with Crippen LogP contribution in [0.5, 0.6) is 0 Å². The Morgan fingerprint density at radius 2 is 1.00 bits per heavy atom. The molecule has 0 rings (SSSR count). The van der Waals surface area contributed by atoms with Crippen molar-refractivity contribution in [2.75, 3.05) is 0 Å². The fraction of sp³-hybridized carbons (Fsp3) is 0. The molecule has 0 fully saturated rings. The van der Waals surface area contributed by atoms with Crippen LogP contribution in [0.4, 0.5) is 0 Å². The Hall–Kier alpha value is 2.95. The first kappa shape index (κ1) is 10.8. The van der Waals surface area contributed by atoms with Gasteiger partial charge in [-0.1, -0.05) is 0 Å². The third-order valence-electron chi connectivity index (χ3n) is 0. The Morgan fingerprint density at radius 3 is 1.00 bits per heavy atom. The van der Waals surface area contributed by atoms with E-state index in [1.165, 1.54) is 0 Å². The predicted molar refractivity (Wildman–Crippen MR) is 42.5 cm³/mol. The van der Waals surface area contributed by atoms with Gasteiger partial charge in [0.1, 0.15) is 0 Å². The molecule has 0 heterocycles. The first-order valence-corrected chi connectivity index (χ1v) is 22.8. The molecule has 0 aromatic heterocycles. The molecule has 0 aliphatic carbocycles. The summed E-state index contributed by atoms with van der Waals surface area (Å²) in [5, 5.41) is 0. The maximum atomic E-state index is 3.31. The fourth-order valence-corrected chi connectivity index (χ4v) is 0. The Morgan fingerprint density at radius 1 is 1.00 bits per heavy atom. The molecular weight excluding hydrogens is 424 g/mol. The van der Waals surface area contributed by atoms with Crippen LogP contribution in [-0.4, -0.2) is 34.2 Å². The molecule has 0 amide bonds. The topological polar surface area (TPSA) is 0 Å². The molecule has 0 aliphatic rings. The van der Waals surface area contributed by atoms with E-state index >= 15 is 0 Å². The third-order valence-corrected chi connectivity index (χ3v) is 0. The number of rotatable bonds is 0. The average molecular weight is 427 g/mol. The van der Waals surface area contributed by atoms with Gasteiger partial charge in [-0.25, -0.2) is 0 Å². The van der Waals surface area contributed by atoms with Gasteiger partial charge in [0.25, 0.3) is 0 Å². The molecular formula is H3Br3GaIn. The van der Waals surface area contributed by atoms with Crippen molar-refractivity contribution in [2.45, 2.75) is 0 Å². The molecule has 0 radical (unpaired) electrons. The van der Waals surface area contributed by atoms with Crippen molar-refractivity contribution in [2.24, 2.45) is 0 Å². The average Bonchev–Trinajstić information content (AvgIpc) is 0.811. The van der Waals surface area contributed by atoms with Crippen LogP contribution >= 0.6 is 36.9 Å². The van der Waals surface area contributed by atoms with Crippen LogP contribution in [0.2, 0.25) is 0 Å². The SMILES string of the molecule is [Br][In]([Br])[Br].[GaH3]. The minimum absolute atomic E-state index is 0. The van der Waals surface area contributed by atoms with Gasteiger partial charge in [0.05, 0.1) is 0 Å². The van der Waals surface area contributed by atoms with Crippen LogP contribution in [0, 0.1) is 0 Å².